The molecule has 1 aromatic rings. The molecule has 1 aliphatic heterocycles. The van der Waals surface area contributed by atoms with Crippen LogP contribution >= 0.6 is 0 Å². The van der Waals surface area contributed by atoms with E-state index in [0.717, 1.165) is 19.4 Å². The van der Waals surface area contributed by atoms with E-state index in [4.69, 9.17) is 4.74 Å². The molecule has 2 nitrogen and oxygen atoms in total. The molecule has 15 heavy (non-hydrogen) atoms. The molecule has 1 saturated heterocycles. The van der Waals surface area contributed by atoms with Crippen molar-refractivity contribution in [1.82, 2.24) is 0 Å². The molecule has 1 heterocycles. The van der Waals surface area contributed by atoms with E-state index in [1.54, 1.807) is 18.2 Å². The molecule has 2 atom stereocenters. The highest BCUT2D eigenvalue weighted by Gasteiger charge is 2.25. The molecule has 2 unspecified atom stereocenters. The third-order valence-electron chi connectivity index (χ3n) is 2.87. The number of halogens is 1. The van der Waals surface area contributed by atoms with Crippen LogP contribution in [0.2, 0.25) is 0 Å². The summed E-state index contributed by atoms with van der Waals surface area (Å²) in [6.45, 7) is 1.27. The maximum Gasteiger partial charge on any atom is 0.129 e. The first-order valence-corrected chi connectivity index (χ1v) is 5.29. The molecule has 1 aromatic carbocycles. The molecule has 0 saturated carbocycles. The number of aliphatic hydroxyl groups is 1. The van der Waals surface area contributed by atoms with Gasteiger partial charge in [0.25, 0.3) is 0 Å². The summed E-state index contributed by atoms with van der Waals surface area (Å²) >= 11 is 0. The first-order chi connectivity index (χ1) is 7.29. The minimum atomic E-state index is -0.744. The van der Waals surface area contributed by atoms with Gasteiger partial charge in [0.1, 0.15) is 5.82 Å². The van der Waals surface area contributed by atoms with Crippen LogP contribution in [0.3, 0.4) is 0 Å². The lowest BCUT2D eigenvalue weighted by Crippen LogP contribution is -2.24. The highest BCUT2D eigenvalue weighted by Crippen LogP contribution is 2.29. The standard InChI is InChI=1S/C12H15FO2/c13-11-6-2-1-5-10(11)12(14)9-4-3-7-15-8-9/h1-2,5-6,9,12,14H,3-4,7-8H2. The second kappa shape index (κ2) is 4.73. The topological polar surface area (TPSA) is 29.5 Å². The SMILES string of the molecule is OC(c1ccccc1F)C1CCCOC1. The normalized spacial score (nSPS) is 23.7. The summed E-state index contributed by atoms with van der Waals surface area (Å²) in [7, 11) is 0. The Bertz CT molecular complexity index is 321. The molecule has 0 radical (unpaired) electrons. The van der Waals surface area contributed by atoms with Crippen LogP contribution in [-0.2, 0) is 4.74 Å². The summed E-state index contributed by atoms with van der Waals surface area (Å²) in [4.78, 5) is 0. The van der Waals surface area contributed by atoms with Crippen molar-refractivity contribution in [3.05, 3.63) is 35.6 Å². The van der Waals surface area contributed by atoms with E-state index in [-0.39, 0.29) is 11.7 Å². The van der Waals surface area contributed by atoms with Gasteiger partial charge in [-0.2, -0.15) is 0 Å². The van der Waals surface area contributed by atoms with Crippen LogP contribution in [0.25, 0.3) is 0 Å². The Morgan fingerprint density at radius 3 is 2.87 bits per heavy atom. The second-order valence-electron chi connectivity index (χ2n) is 3.94. The van der Waals surface area contributed by atoms with Crippen molar-refractivity contribution in [2.24, 2.45) is 5.92 Å². The van der Waals surface area contributed by atoms with Gasteiger partial charge in [-0.15, -0.1) is 0 Å². The fourth-order valence-corrected chi connectivity index (χ4v) is 1.98. The van der Waals surface area contributed by atoms with Crippen molar-refractivity contribution in [2.75, 3.05) is 13.2 Å². The van der Waals surface area contributed by atoms with Crippen LogP contribution in [0.4, 0.5) is 4.39 Å². The highest BCUT2D eigenvalue weighted by molar-refractivity contribution is 5.20. The fraction of sp³-hybridized carbons (Fsp3) is 0.500. The summed E-state index contributed by atoms with van der Waals surface area (Å²) < 4.78 is 18.7. The Morgan fingerprint density at radius 2 is 2.20 bits per heavy atom. The lowest BCUT2D eigenvalue weighted by atomic mass is 9.91. The van der Waals surface area contributed by atoms with E-state index in [0.29, 0.717) is 12.2 Å². The number of hydrogen-bond acceptors (Lipinski definition) is 2. The maximum absolute atomic E-state index is 13.4. The molecule has 2 rings (SSSR count). The lowest BCUT2D eigenvalue weighted by molar-refractivity contribution is -0.0112. The van der Waals surface area contributed by atoms with E-state index in [1.165, 1.54) is 6.07 Å². The van der Waals surface area contributed by atoms with Crippen molar-refractivity contribution < 1.29 is 14.2 Å². The number of aliphatic hydroxyl groups excluding tert-OH is 1. The van der Waals surface area contributed by atoms with Crippen molar-refractivity contribution in [1.29, 1.82) is 0 Å². The van der Waals surface area contributed by atoms with Crippen LogP contribution in [0.5, 0.6) is 0 Å². The Morgan fingerprint density at radius 1 is 1.40 bits per heavy atom. The minimum absolute atomic E-state index is 0.0237. The first kappa shape index (κ1) is 10.6. The number of ether oxygens (including phenoxy) is 1. The molecular formula is C12H15FO2. The lowest BCUT2D eigenvalue weighted by Gasteiger charge is -2.27. The Balaban J connectivity index is 2.12. The van der Waals surface area contributed by atoms with Gasteiger partial charge in [-0.3, -0.25) is 0 Å². The van der Waals surface area contributed by atoms with Crippen molar-refractivity contribution in [3.63, 3.8) is 0 Å². The van der Waals surface area contributed by atoms with Crippen molar-refractivity contribution in [2.45, 2.75) is 18.9 Å². The van der Waals surface area contributed by atoms with Gasteiger partial charge in [0.2, 0.25) is 0 Å². The molecule has 82 valence electrons. The summed E-state index contributed by atoms with van der Waals surface area (Å²) in [6, 6.07) is 6.38. The third kappa shape index (κ3) is 2.36. The van der Waals surface area contributed by atoms with Crippen LogP contribution in [0.15, 0.2) is 24.3 Å². The third-order valence-corrected chi connectivity index (χ3v) is 2.87. The molecular weight excluding hydrogens is 195 g/mol. The van der Waals surface area contributed by atoms with Gasteiger partial charge in [-0.25, -0.2) is 4.39 Å². The summed E-state index contributed by atoms with van der Waals surface area (Å²) in [5, 5.41) is 10.0. The van der Waals surface area contributed by atoms with E-state index in [9.17, 15) is 9.50 Å². The zero-order valence-electron chi connectivity index (χ0n) is 8.53. The van der Waals surface area contributed by atoms with Gasteiger partial charge in [0, 0.05) is 18.1 Å². The summed E-state index contributed by atoms with van der Waals surface area (Å²) in [5.41, 5.74) is 0.382. The van der Waals surface area contributed by atoms with E-state index in [2.05, 4.69) is 0 Å². The van der Waals surface area contributed by atoms with Gasteiger partial charge in [-0.05, 0) is 18.9 Å². The first-order valence-electron chi connectivity index (χ1n) is 5.29. The molecule has 1 fully saturated rings. The average Bonchev–Trinajstić information content (AvgIpc) is 2.30. The van der Waals surface area contributed by atoms with Crippen molar-refractivity contribution >= 4 is 0 Å². The molecule has 3 heteroatoms. The van der Waals surface area contributed by atoms with Crippen LogP contribution in [0.1, 0.15) is 24.5 Å². The molecule has 0 amide bonds. The van der Waals surface area contributed by atoms with E-state index in [1.807, 2.05) is 0 Å². The monoisotopic (exact) mass is 210 g/mol. The zero-order valence-corrected chi connectivity index (χ0v) is 8.53. The largest absolute Gasteiger partial charge is 0.388 e. The summed E-state index contributed by atoms with van der Waals surface area (Å²) in [5.74, 6) is -0.314. The summed E-state index contributed by atoms with van der Waals surface area (Å²) in [6.07, 6.45) is 1.09. The fourth-order valence-electron chi connectivity index (χ4n) is 1.98. The predicted molar refractivity (Wildman–Crippen MR) is 54.9 cm³/mol. The maximum atomic E-state index is 13.4. The molecule has 0 bridgehead atoms. The number of benzene rings is 1. The van der Waals surface area contributed by atoms with Gasteiger partial charge in [0.15, 0.2) is 0 Å². The van der Waals surface area contributed by atoms with E-state index < -0.39 is 6.10 Å². The number of hydrogen-bond donors (Lipinski definition) is 1. The Labute approximate surface area is 88.7 Å². The molecule has 0 spiro atoms. The minimum Gasteiger partial charge on any atom is -0.388 e. The highest BCUT2D eigenvalue weighted by atomic mass is 19.1. The van der Waals surface area contributed by atoms with Gasteiger partial charge < -0.3 is 9.84 Å². The molecule has 0 aliphatic carbocycles. The number of rotatable bonds is 2. The predicted octanol–water partition coefficient (Wildman–Crippen LogP) is 2.29. The van der Waals surface area contributed by atoms with Crippen LogP contribution < -0.4 is 0 Å². The Kier molecular flexibility index (Phi) is 3.34. The van der Waals surface area contributed by atoms with Gasteiger partial charge in [-0.1, -0.05) is 18.2 Å². The molecule has 1 aliphatic rings. The quantitative estimate of drug-likeness (QED) is 0.811. The van der Waals surface area contributed by atoms with Crippen LogP contribution in [0, 0.1) is 11.7 Å². The van der Waals surface area contributed by atoms with Gasteiger partial charge >= 0.3 is 0 Å². The van der Waals surface area contributed by atoms with Crippen LogP contribution in [-0.4, -0.2) is 18.3 Å². The average molecular weight is 210 g/mol. The van der Waals surface area contributed by atoms with Gasteiger partial charge in [0.05, 0.1) is 12.7 Å². The zero-order chi connectivity index (χ0) is 10.7. The second-order valence-corrected chi connectivity index (χ2v) is 3.94. The molecule has 0 aromatic heterocycles. The Hall–Kier alpha value is -0.930. The molecule has 1 N–H and O–H groups in total. The van der Waals surface area contributed by atoms with E-state index >= 15 is 0 Å². The smallest absolute Gasteiger partial charge is 0.129 e. The van der Waals surface area contributed by atoms with Crippen molar-refractivity contribution in [3.8, 4) is 0 Å².